The Kier molecular flexibility index (Phi) is 3.38. The lowest BCUT2D eigenvalue weighted by molar-refractivity contribution is -0.131. The van der Waals surface area contributed by atoms with Gasteiger partial charge < -0.3 is 5.11 Å². The molecular weight excluding hydrogens is 230 g/mol. The van der Waals surface area contributed by atoms with Gasteiger partial charge in [0.2, 0.25) is 0 Å². The van der Waals surface area contributed by atoms with Gasteiger partial charge in [-0.1, -0.05) is 18.2 Å². The molecule has 2 rings (SSSR count). The minimum absolute atomic E-state index is 0.105. The van der Waals surface area contributed by atoms with Crippen molar-refractivity contribution in [3.63, 3.8) is 0 Å². The molecule has 0 fully saturated rings. The zero-order valence-electron chi connectivity index (χ0n) is 9.48. The fourth-order valence-electron chi connectivity index (χ4n) is 1.55. The van der Waals surface area contributed by atoms with E-state index in [0.717, 1.165) is 17.3 Å². The summed E-state index contributed by atoms with van der Waals surface area (Å²) < 4.78 is 1.52. The highest BCUT2D eigenvalue weighted by molar-refractivity contribution is 5.85. The average Bonchev–Trinajstić information content (AvgIpc) is 2.38. The number of benzene rings is 1. The Morgan fingerprint density at radius 3 is 2.44 bits per heavy atom. The summed E-state index contributed by atoms with van der Waals surface area (Å²) in [6, 6.07) is 12.0. The Morgan fingerprint density at radius 1 is 1.11 bits per heavy atom. The Bertz CT molecular complexity index is 639. The molecule has 0 unspecified atom stereocenters. The van der Waals surface area contributed by atoms with Crippen molar-refractivity contribution in [2.75, 3.05) is 0 Å². The monoisotopic (exact) mass is 241 g/mol. The normalized spacial score (nSPS) is 10.7. The lowest BCUT2D eigenvalue weighted by atomic mass is 10.2. The molecule has 0 aliphatic carbocycles. The highest BCUT2D eigenvalue weighted by Crippen LogP contribution is 2.09. The maximum Gasteiger partial charge on any atom is 0.328 e. The Morgan fingerprint density at radius 2 is 1.83 bits per heavy atom. The molecule has 0 spiro atoms. The molecule has 0 aliphatic rings. The van der Waals surface area contributed by atoms with E-state index >= 15 is 0 Å². The van der Waals surface area contributed by atoms with E-state index in [-0.39, 0.29) is 5.56 Å². The number of carbonyl (C=O) groups is 1. The predicted octanol–water partition coefficient (Wildman–Crippen LogP) is 1.94. The van der Waals surface area contributed by atoms with Gasteiger partial charge in [-0.05, 0) is 29.8 Å². The Balaban J connectivity index is 2.31. The van der Waals surface area contributed by atoms with Crippen LogP contribution in [-0.4, -0.2) is 15.6 Å². The van der Waals surface area contributed by atoms with Gasteiger partial charge in [-0.3, -0.25) is 9.36 Å². The van der Waals surface area contributed by atoms with Gasteiger partial charge in [0.25, 0.3) is 5.56 Å². The maximum atomic E-state index is 11.6. The smallest absolute Gasteiger partial charge is 0.328 e. The first-order valence-electron chi connectivity index (χ1n) is 5.36. The van der Waals surface area contributed by atoms with Gasteiger partial charge in [0, 0.05) is 24.0 Å². The quantitative estimate of drug-likeness (QED) is 0.835. The molecule has 1 N–H and O–H groups in total. The number of nitrogens with zero attached hydrogens (tertiary/aromatic N) is 1. The molecule has 2 aromatic rings. The third-order valence-electron chi connectivity index (χ3n) is 2.41. The summed E-state index contributed by atoms with van der Waals surface area (Å²) in [5, 5.41) is 8.51. The van der Waals surface area contributed by atoms with Crippen LogP contribution in [0.5, 0.6) is 0 Å². The molecule has 0 bridgehead atoms. The van der Waals surface area contributed by atoms with Crippen LogP contribution in [0.1, 0.15) is 5.56 Å². The van der Waals surface area contributed by atoms with E-state index in [9.17, 15) is 9.59 Å². The predicted molar refractivity (Wildman–Crippen MR) is 68.7 cm³/mol. The van der Waals surface area contributed by atoms with Gasteiger partial charge in [0.15, 0.2) is 0 Å². The zero-order chi connectivity index (χ0) is 13.0. The van der Waals surface area contributed by atoms with Crippen molar-refractivity contribution in [3.05, 3.63) is 70.7 Å². The second-order valence-electron chi connectivity index (χ2n) is 3.67. The fraction of sp³-hybridized carbons (Fsp3) is 0. The molecule has 1 aromatic heterocycles. The Labute approximate surface area is 103 Å². The summed E-state index contributed by atoms with van der Waals surface area (Å²) in [6.45, 7) is 0. The van der Waals surface area contributed by atoms with E-state index in [0.29, 0.717) is 0 Å². The van der Waals surface area contributed by atoms with Crippen molar-refractivity contribution in [3.8, 4) is 5.69 Å². The second-order valence-corrected chi connectivity index (χ2v) is 3.67. The standard InChI is InChI=1S/C14H11NO3/c16-13-3-1-2-10-15(13)12-7-4-11(5-8-12)6-9-14(17)18/h1-10H,(H,17,18)/b9-6+. The second kappa shape index (κ2) is 5.14. The summed E-state index contributed by atoms with van der Waals surface area (Å²) in [7, 11) is 0. The molecule has 0 radical (unpaired) electrons. The molecule has 90 valence electrons. The van der Waals surface area contributed by atoms with Crippen LogP contribution in [0.15, 0.2) is 59.5 Å². The van der Waals surface area contributed by atoms with E-state index in [4.69, 9.17) is 5.11 Å². The Hall–Kier alpha value is -2.62. The minimum atomic E-state index is -0.988. The highest BCUT2D eigenvalue weighted by Gasteiger charge is 1.97. The van der Waals surface area contributed by atoms with Crippen molar-refractivity contribution >= 4 is 12.0 Å². The first-order valence-corrected chi connectivity index (χ1v) is 5.36. The number of aromatic nitrogens is 1. The summed E-state index contributed by atoms with van der Waals surface area (Å²) in [4.78, 5) is 22.0. The van der Waals surface area contributed by atoms with Crippen LogP contribution in [0.2, 0.25) is 0 Å². The van der Waals surface area contributed by atoms with Gasteiger partial charge in [0.1, 0.15) is 0 Å². The fourth-order valence-corrected chi connectivity index (χ4v) is 1.55. The van der Waals surface area contributed by atoms with Crippen molar-refractivity contribution in [2.45, 2.75) is 0 Å². The molecule has 0 atom stereocenters. The van der Waals surface area contributed by atoms with Crippen molar-refractivity contribution in [2.24, 2.45) is 0 Å². The molecule has 18 heavy (non-hydrogen) atoms. The van der Waals surface area contributed by atoms with Gasteiger partial charge in [0.05, 0.1) is 0 Å². The number of hydrogen-bond acceptors (Lipinski definition) is 2. The number of carboxylic acids is 1. The highest BCUT2D eigenvalue weighted by atomic mass is 16.4. The molecule has 4 nitrogen and oxygen atoms in total. The third kappa shape index (κ3) is 2.74. The lowest BCUT2D eigenvalue weighted by Crippen LogP contribution is -2.15. The molecule has 0 amide bonds. The maximum absolute atomic E-state index is 11.6. The summed E-state index contributed by atoms with van der Waals surface area (Å²) in [6.07, 6.45) is 4.26. The SMILES string of the molecule is O=C(O)/C=C/c1ccc(-n2ccccc2=O)cc1. The number of hydrogen-bond donors (Lipinski definition) is 1. The number of pyridine rings is 1. The van der Waals surface area contributed by atoms with Crippen molar-refractivity contribution in [1.82, 2.24) is 4.57 Å². The van der Waals surface area contributed by atoms with E-state index < -0.39 is 5.97 Å². The average molecular weight is 241 g/mol. The first kappa shape index (κ1) is 11.9. The van der Waals surface area contributed by atoms with Crippen LogP contribution >= 0.6 is 0 Å². The van der Waals surface area contributed by atoms with Crippen LogP contribution in [0, 0.1) is 0 Å². The van der Waals surface area contributed by atoms with Crippen LogP contribution in [0.4, 0.5) is 0 Å². The molecule has 0 saturated heterocycles. The largest absolute Gasteiger partial charge is 0.478 e. The van der Waals surface area contributed by atoms with Crippen LogP contribution < -0.4 is 5.56 Å². The summed E-state index contributed by atoms with van der Waals surface area (Å²) >= 11 is 0. The molecular formula is C14H11NO3. The molecule has 1 aromatic carbocycles. The van der Waals surface area contributed by atoms with E-state index in [1.807, 2.05) is 0 Å². The number of carboxylic acid groups (broad SMARTS) is 1. The molecule has 1 heterocycles. The van der Waals surface area contributed by atoms with E-state index in [1.165, 1.54) is 16.7 Å². The minimum Gasteiger partial charge on any atom is -0.478 e. The number of aliphatic carboxylic acids is 1. The topological polar surface area (TPSA) is 59.3 Å². The van der Waals surface area contributed by atoms with Gasteiger partial charge >= 0.3 is 5.97 Å². The van der Waals surface area contributed by atoms with Crippen molar-refractivity contribution in [1.29, 1.82) is 0 Å². The van der Waals surface area contributed by atoms with Crippen LogP contribution in [0.3, 0.4) is 0 Å². The zero-order valence-corrected chi connectivity index (χ0v) is 9.48. The van der Waals surface area contributed by atoms with E-state index in [1.54, 1.807) is 42.6 Å². The first-order chi connectivity index (χ1) is 8.66. The van der Waals surface area contributed by atoms with Crippen molar-refractivity contribution < 1.29 is 9.90 Å². The van der Waals surface area contributed by atoms with Gasteiger partial charge in [-0.15, -0.1) is 0 Å². The van der Waals surface area contributed by atoms with Gasteiger partial charge in [-0.25, -0.2) is 4.79 Å². The number of rotatable bonds is 3. The molecule has 0 aliphatic heterocycles. The van der Waals surface area contributed by atoms with E-state index in [2.05, 4.69) is 0 Å². The van der Waals surface area contributed by atoms with Crippen LogP contribution in [-0.2, 0) is 4.79 Å². The molecule has 4 heteroatoms. The molecule has 0 saturated carbocycles. The third-order valence-corrected chi connectivity index (χ3v) is 2.41. The summed E-state index contributed by atoms with van der Waals surface area (Å²) in [5.41, 5.74) is 1.41. The van der Waals surface area contributed by atoms with Gasteiger partial charge in [-0.2, -0.15) is 0 Å². The van der Waals surface area contributed by atoms with Crippen LogP contribution in [0.25, 0.3) is 11.8 Å². The summed E-state index contributed by atoms with van der Waals surface area (Å²) in [5.74, 6) is -0.988. The lowest BCUT2D eigenvalue weighted by Gasteiger charge is -2.04.